The van der Waals surface area contributed by atoms with Crippen molar-refractivity contribution in [3.63, 3.8) is 0 Å². The third-order valence-electron chi connectivity index (χ3n) is 3.80. The van der Waals surface area contributed by atoms with Crippen molar-refractivity contribution >= 4 is 29.1 Å². The molecule has 2 N–H and O–H groups in total. The van der Waals surface area contributed by atoms with Gasteiger partial charge in [-0.3, -0.25) is 14.6 Å². The maximum atomic E-state index is 12.6. The Hall–Kier alpha value is -2.68. The first-order valence-corrected chi connectivity index (χ1v) is 9.16. The monoisotopic (exact) mass is 428 g/mol. The second-order valence-corrected chi connectivity index (χ2v) is 6.86. The predicted octanol–water partition coefficient (Wildman–Crippen LogP) is 3.82. The summed E-state index contributed by atoms with van der Waals surface area (Å²) in [5, 5.41) is 5.45. The molecule has 6 nitrogen and oxygen atoms in total. The van der Waals surface area contributed by atoms with Gasteiger partial charge in [-0.25, -0.2) is 4.98 Å². The standard InChI is InChI=1S/C19H20ClF3N4O2/c1-11-6-13(8-15(27-11)7-12(2)28)18(29)25-5-3-4-24-17-16(20)9-14(10-26-17)19(21,22)23/h6,8-10H,3-5,7H2,1-2H3,(H,24,26)(H,25,29). The van der Waals surface area contributed by atoms with Gasteiger partial charge in [0.05, 0.1) is 10.6 Å². The van der Waals surface area contributed by atoms with Gasteiger partial charge in [-0.2, -0.15) is 13.2 Å². The lowest BCUT2D eigenvalue weighted by molar-refractivity contribution is -0.137. The van der Waals surface area contributed by atoms with Crippen LogP contribution in [0.15, 0.2) is 24.4 Å². The number of pyridine rings is 2. The van der Waals surface area contributed by atoms with E-state index in [0.717, 1.165) is 6.07 Å². The Morgan fingerprint density at radius 3 is 2.52 bits per heavy atom. The van der Waals surface area contributed by atoms with Gasteiger partial charge in [-0.15, -0.1) is 0 Å². The largest absolute Gasteiger partial charge is 0.417 e. The summed E-state index contributed by atoms with van der Waals surface area (Å²) in [5.41, 5.74) is 0.664. The van der Waals surface area contributed by atoms with E-state index in [0.29, 0.717) is 42.7 Å². The van der Waals surface area contributed by atoms with E-state index in [1.54, 1.807) is 19.1 Å². The van der Waals surface area contributed by atoms with Gasteiger partial charge in [0.25, 0.3) is 5.91 Å². The molecular formula is C19H20ClF3N4O2. The second kappa shape index (κ2) is 9.69. The lowest BCUT2D eigenvalue weighted by Crippen LogP contribution is -2.26. The van der Waals surface area contributed by atoms with E-state index in [-0.39, 0.29) is 29.0 Å². The molecule has 0 aliphatic carbocycles. The van der Waals surface area contributed by atoms with Gasteiger partial charge in [0.15, 0.2) is 0 Å². The fourth-order valence-corrected chi connectivity index (χ4v) is 2.77. The Balaban J connectivity index is 1.83. The van der Waals surface area contributed by atoms with Gasteiger partial charge in [0, 0.05) is 42.7 Å². The van der Waals surface area contributed by atoms with Gasteiger partial charge >= 0.3 is 6.18 Å². The Kier molecular flexibility index (Phi) is 7.55. The zero-order valence-electron chi connectivity index (χ0n) is 15.9. The number of aromatic nitrogens is 2. The highest BCUT2D eigenvalue weighted by molar-refractivity contribution is 6.32. The highest BCUT2D eigenvalue weighted by atomic mass is 35.5. The van der Waals surface area contributed by atoms with Crippen LogP contribution in [-0.4, -0.2) is 34.7 Å². The zero-order valence-corrected chi connectivity index (χ0v) is 16.6. The molecule has 0 radical (unpaired) electrons. The molecule has 2 rings (SSSR count). The number of amides is 1. The van der Waals surface area contributed by atoms with Gasteiger partial charge < -0.3 is 10.6 Å². The first-order valence-electron chi connectivity index (χ1n) is 8.78. The number of hydrogen-bond acceptors (Lipinski definition) is 5. The van der Waals surface area contributed by atoms with Crippen molar-refractivity contribution in [1.29, 1.82) is 0 Å². The predicted molar refractivity (Wildman–Crippen MR) is 103 cm³/mol. The fraction of sp³-hybridized carbons (Fsp3) is 0.368. The summed E-state index contributed by atoms with van der Waals surface area (Å²) in [7, 11) is 0. The Morgan fingerprint density at radius 1 is 1.17 bits per heavy atom. The molecule has 0 aromatic carbocycles. The fourth-order valence-electron chi connectivity index (χ4n) is 2.54. The molecule has 1 amide bonds. The number of ketones is 1. The van der Waals surface area contributed by atoms with Crippen molar-refractivity contribution in [1.82, 2.24) is 15.3 Å². The van der Waals surface area contributed by atoms with Crippen LogP contribution in [0, 0.1) is 6.92 Å². The van der Waals surface area contributed by atoms with E-state index < -0.39 is 11.7 Å². The van der Waals surface area contributed by atoms with Crippen LogP contribution in [0.25, 0.3) is 0 Å². The summed E-state index contributed by atoms with van der Waals surface area (Å²) in [5.74, 6) is -0.202. The van der Waals surface area contributed by atoms with E-state index in [9.17, 15) is 22.8 Å². The maximum Gasteiger partial charge on any atom is 0.417 e. The molecule has 2 heterocycles. The van der Waals surface area contributed by atoms with Crippen molar-refractivity contribution in [2.75, 3.05) is 18.4 Å². The highest BCUT2D eigenvalue weighted by Crippen LogP contribution is 2.32. The number of nitrogens with zero attached hydrogens (tertiary/aromatic N) is 2. The molecule has 0 saturated heterocycles. The van der Waals surface area contributed by atoms with E-state index in [1.807, 2.05) is 0 Å². The molecule has 0 aliphatic rings. The van der Waals surface area contributed by atoms with Crippen LogP contribution in [0.1, 0.15) is 40.7 Å². The minimum Gasteiger partial charge on any atom is -0.369 e. The molecule has 0 saturated carbocycles. The van der Waals surface area contributed by atoms with Crippen LogP contribution in [0.4, 0.5) is 19.0 Å². The van der Waals surface area contributed by atoms with Gasteiger partial charge in [-0.05, 0) is 38.5 Å². The maximum absolute atomic E-state index is 12.6. The van der Waals surface area contributed by atoms with Gasteiger partial charge in [-0.1, -0.05) is 11.6 Å². The summed E-state index contributed by atoms with van der Waals surface area (Å²) >= 11 is 5.82. The molecular weight excluding hydrogens is 409 g/mol. The molecule has 2 aromatic heterocycles. The first kappa shape index (κ1) is 22.6. The van der Waals surface area contributed by atoms with E-state index in [4.69, 9.17) is 11.6 Å². The number of halogens is 4. The average Bonchev–Trinajstić information content (AvgIpc) is 2.60. The minimum absolute atomic E-state index is 0.0453. The van der Waals surface area contributed by atoms with Crippen LogP contribution >= 0.6 is 11.6 Å². The summed E-state index contributed by atoms with van der Waals surface area (Å²) in [6.45, 7) is 3.87. The van der Waals surface area contributed by atoms with Crippen molar-refractivity contribution in [3.8, 4) is 0 Å². The molecule has 0 fully saturated rings. The lowest BCUT2D eigenvalue weighted by atomic mass is 10.1. The number of aryl methyl sites for hydroxylation is 1. The second-order valence-electron chi connectivity index (χ2n) is 6.46. The molecule has 10 heteroatoms. The SMILES string of the molecule is CC(=O)Cc1cc(C(=O)NCCCNc2ncc(C(F)(F)F)cc2Cl)cc(C)n1. The van der Waals surface area contributed by atoms with E-state index in [2.05, 4.69) is 20.6 Å². The van der Waals surface area contributed by atoms with Crippen molar-refractivity contribution in [3.05, 3.63) is 51.9 Å². The van der Waals surface area contributed by atoms with Crippen LogP contribution in [0.2, 0.25) is 5.02 Å². The van der Waals surface area contributed by atoms with Crippen LogP contribution in [0.5, 0.6) is 0 Å². The molecule has 0 spiro atoms. The number of anilines is 1. The Morgan fingerprint density at radius 2 is 1.90 bits per heavy atom. The molecule has 0 unspecified atom stereocenters. The third-order valence-corrected chi connectivity index (χ3v) is 4.09. The number of nitrogens with one attached hydrogen (secondary N) is 2. The van der Waals surface area contributed by atoms with E-state index in [1.165, 1.54) is 6.92 Å². The van der Waals surface area contributed by atoms with E-state index >= 15 is 0 Å². The van der Waals surface area contributed by atoms with Gasteiger partial charge in [0.2, 0.25) is 0 Å². The summed E-state index contributed by atoms with van der Waals surface area (Å²) in [6.07, 6.45) is -3.14. The number of Topliss-reactive ketones (excluding diaryl/α,β-unsaturated/α-hetero) is 1. The molecule has 0 aliphatic heterocycles. The quantitative estimate of drug-likeness (QED) is 0.624. The summed E-state index contributed by atoms with van der Waals surface area (Å²) in [4.78, 5) is 31.4. The van der Waals surface area contributed by atoms with Crippen LogP contribution < -0.4 is 10.6 Å². The number of carbonyl (C=O) groups excluding carboxylic acids is 2. The molecule has 29 heavy (non-hydrogen) atoms. The average molecular weight is 429 g/mol. The molecule has 156 valence electrons. The Bertz CT molecular complexity index is 904. The topological polar surface area (TPSA) is 84.0 Å². The number of hydrogen-bond donors (Lipinski definition) is 2. The smallest absolute Gasteiger partial charge is 0.369 e. The van der Waals surface area contributed by atoms with Crippen molar-refractivity contribution in [2.24, 2.45) is 0 Å². The summed E-state index contributed by atoms with van der Waals surface area (Å²) in [6, 6.07) is 4.01. The minimum atomic E-state index is -4.50. The van der Waals surface area contributed by atoms with Crippen LogP contribution in [-0.2, 0) is 17.4 Å². The number of alkyl halides is 3. The molecule has 2 aromatic rings. The third kappa shape index (κ3) is 7.01. The molecule has 0 bridgehead atoms. The van der Waals surface area contributed by atoms with Crippen LogP contribution in [0.3, 0.4) is 0 Å². The Labute approximate surface area is 170 Å². The molecule has 0 atom stereocenters. The normalized spacial score (nSPS) is 11.2. The number of carbonyl (C=O) groups is 2. The van der Waals surface area contributed by atoms with Gasteiger partial charge in [0.1, 0.15) is 11.6 Å². The highest BCUT2D eigenvalue weighted by Gasteiger charge is 2.31. The van der Waals surface area contributed by atoms with Crippen molar-refractivity contribution < 1.29 is 22.8 Å². The van der Waals surface area contributed by atoms with Crippen molar-refractivity contribution in [2.45, 2.75) is 32.9 Å². The number of rotatable bonds is 8. The summed E-state index contributed by atoms with van der Waals surface area (Å²) < 4.78 is 37.8. The first-order chi connectivity index (χ1) is 13.6. The lowest BCUT2D eigenvalue weighted by Gasteiger charge is -2.11. The zero-order chi connectivity index (χ0) is 21.6.